The molecule has 0 aromatic heterocycles. The van der Waals surface area contributed by atoms with Crippen molar-refractivity contribution in [2.24, 2.45) is 11.3 Å². The van der Waals surface area contributed by atoms with Crippen molar-refractivity contribution in [2.45, 2.75) is 78.2 Å². The highest BCUT2D eigenvalue weighted by Gasteiger charge is 2.34. The van der Waals surface area contributed by atoms with E-state index in [4.69, 9.17) is 0 Å². The van der Waals surface area contributed by atoms with Gasteiger partial charge < -0.3 is 10.2 Å². The molecule has 2 fully saturated rings. The van der Waals surface area contributed by atoms with E-state index in [-0.39, 0.29) is 0 Å². The number of likely N-dealkylation sites (tertiary alicyclic amines) is 1. The molecule has 1 heterocycles. The van der Waals surface area contributed by atoms with Crippen molar-refractivity contribution in [2.75, 3.05) is 26.2 Å². The Morgan fingerprint density at radius 1 is 0.950 bits per heavy atom. The molecule has 1 saturated heterocycles. The molecular formula is C18H36N2. The van der Waals surface area contributed by atoms with Gasteiger partial charge in [0.2, 0.25) is 0 Å². The fourth-order valence-electron chi connectivity index (χ4n) is 4.43. The van der Waals surface area contributed by atoms with Gasteiger partial charge in [0, 0.05) is 19.1 Å². The summed E-state index contributed by atoms with van der Waals surface area (Å²) >= 11 is 0. The van der Waals surface area contributed by atoms with Crippen LogP contribution >= 0.6 is 0 Å². The van der Waals surface area contributed by atoms with Crippen molar-refractivity contribution in [3.8, 4) is 0 Å². The fraction of sp³-hybridized carbons (Fsp3) is 1.00. The Labute approximate surface area is 126 Å². The smallest absolute Gasteiger partial charge is 0.0166 e. The van der Waals surface area contributed by atoms with Gasteiger partial charge in [-0.1, -0.05) is 33.1 Å². The van der Waals surface area contributed by atoms with Gasteiger partial charge in [-0.25, -0.2) is 0 Å². The number of piperidine rings is 1. The van der Waals surface area contributed by atoms with Gasteiger partial charge in [-0.05, 0) is 63.5 Å². The van der Waals surface area contributed by atoms with E-state index in [0.29, 0.717) is 11.5 Å². The molecule has 2 rings (SSSR count). The second-order valence-electron chi connectivity index (χ2n) is 7.95. The fourth-order valence-corrected chi connectivity index (χ4v) is 4.43. The molecule has 1 N–H and O–H groups in total. The molecule has 1 aliphatic carbocycles. The van der Waals surface area contributed by atoms with Crippen molar-refractivity contribution < 1.29 is 0 Å². The minimum absolute atomic E-state index is 0.615. The zero-order chi connectivity index (χ0) is 14.4. The van der Waals surface area contributed by atoms with Gasteiger partial charge in [0.05, 0.1) is 0 Å². The van der Waals surface area contributed by atoms with Crippen LogP contribution in [0.15, 0.2) is 0 Å². The summed E-state index contributed by atoms with van der Waals surface area (Å²) in [5.74, 6) is 0.840. The van der Waals surface area contributed by atoms with Crippen LogP contribution in [0.5, 0.6) is 0 Å². The molecule has 2 heteroatoms. The van der Waals surface area contributed by atoms with E-state index in [1.165, 1.54) is 77.5 Å². The Bertz CT molecular complexity index is 263. The first kappa shape index (κ1) is 16.3. The maximum absolute atomic E-state index is 3.88. The highest BCUT2D eigenvalue weighted by atomic mass is 15.1. The maximum atomic E-state index is 3.88. The molecule has 1 unspecified atom stereocenters. The predicted octanol–water partition coefficient (Wildman–Crippen LogP) is 4.06. The molecule has 0 aromatic carbocycles. The second kappa shape index (κ2) is 7.79. The van der Waals surface area contributed by atoms with Crippen LogP contribution < -0.4 is 5.32 Å². The Morgan fingerprint density at radius 3 is 2.20 bits per heavy atom. The summed E-state index contributed by atoms with van der Waals surface area (Å²) in [6, 6.07) is 0.651. The van der Waals surface area contributed by atoms with E-state index in [9.17, 15) is 0 Å². The average molecular weight is 280 g/mol. The summed E-state index contributed by atoms with van der Waals surface area (Å²) in [4.78, 5) is 2.66. The largest absolute Gasteiger partial charge is 0.312 e. The lowest BCUT2D eigenvalue weighted by atomic mass is 9.78. The quantitative estimate of drug-likeness (QED) is 0.756. The highest BCUT2D eigenvalue weighted by molar-refractivity contribution is 4.88. The minimum Gasteiger partial charge on any atom is -0.312 e. The van der Waals surface area contributed by atoms with Gasteiger partial charge in [-0.2, -0.15) is 0 Å². The van der Waals surface area contributed by atoms with Crippen molar-refractivity contribution in [1.82, 2.24) is 10.2 Å². The molecule has 1 aliphatic heterocycles. The first-order valence-corrected chi connectivity index (χ1v) is 9.05. The standard InChI is InChI=1S/C18H36N2/c1-16(2)13-18(9-5-6-10-18)15-19-17(3)14-20-11-7-4-8-12-20/h16-17,19H,4-15H2,1-3H3. The van der Waals surface area contributed by atoms with E-state index in [2.05, 4.69) is 31.0 Å². The summed E-state index contributed by atoms with van der Waals surface area (Å²) < 4.78 is 0. The number of rotatable bonds is 7. The van der Waals surface area contributed by atoms with Crippen LogP contribution in [0.1, 0.15) is 72.1 Å². The summed E-state index contributed by atoms with van der Waals surface area (Å²) in [5.41, 5.74) is 0.615. The zero-order valence-electron chi connectivity index (χ0n) is 14.1. The normalized spacial score (nSPS) is 25.2. The van der Waals surface area contributed by atoms with Crippen molar-refractivity contribution in [3.05, 3.63) is 0 Å². The first-order valence-electron chi connectivity index (χ1n) is 9.05. The Balaban J connectivity index is 1.73. The Morgan fingerprint density at radius 2 is 1.60 bits per heavy atom. The van der Waals surface area contributed by atoms with Gasteiger partial charge in [-0.15, -0.1) is 0 Å². The molecule has 20 heavy (non-hydrogen) atoms. The maximum Gasteiger partial charge on any atom is 0.0166 e. The van der Waals surface area contributed by atoms with E-state index in [1.54, 1.807) is 0 Å². The van der Waals surface area contributed by atoms with Crippen LogP contribution in [0.2, 0.25) is 0 Å². The van der Waals surface area contributed by atoms with Gasteiger partial charge in [0.25, 0.3) is 0 Å². The number of nitrogens with zero attached hydrogens (tertiary/aromatic N) is 1. The molecule has 2 aliphatic rings. The summed E-state index contributed by atoms with van der Waals surface area (Å²) in [6.07, 6.45) is 11.5. The van der Waals surface area contributed by atoms with Crippen molar-refractivity contribution >= 4 is 0 Å². The summed E-state index contributed by atoms with van der Waals surface area (Å²) in [6.45, 7) is 12.3. The highest BCUT2D eigenvalue weighted by Crippen LogP contribution is 2.42. The van der Waals surface area contributed by atoms with E-state index in [1.807, 2.05) is 0 Å². The second-order valence-corrected chi connectivity index (χ2v) is 7.95. The van der Waals surface area contributed by atoms with Crippen LogP contribution in [0.4, 0.5) is 0 Å². The van der Waals surface area contributed by atoms with Crippen LogP contribution in [0.3, 0.4) is 0 Å². The topological polar surface area (TPSA) is 15.3 Å². The molecule has 0 spiro atoms. The molecule has 2 nitrogen and oxygen atoms in total. The van der Waals surface area contributed by atoms with Crippen LogP contribution in [-0.2, 0) is 0 Å². The van der Waals surface area contributed by atoms with Crippen LogP contribution in [-0.4, -0.2) is 37.1 Å². The van der Waals surface area contributed by atoms with Crippen LogP contribution in [0.25, 0.3) is 0 Å². The lowest BCUT2D eigenvalue weighted by molar-refractivity contribution is 0.183. The van der Waals surface area contributed by atoms with Gasteiger partial charge in [0.15, 0.2) is 0 Å². The Kier molecular flexibility index (Phi) is 6.35. The van der Waals surface area contributed by atoms with Gasteiger partial charge in [-0.3, -0.25) is 0 Å². The molecule has 1 saturated carbocycles. The van der Waals surface area contributed by atoms with E-state index >= 15 is 0 Å². The third-order valence-electron chi connectivity index (χ3n) is 5.31. The van der Waals surface area contributed by atoms with Gasteiger partial charge in [0.1, 0.15) is 0 Å². The van der Waals surface area contributed by atoms with E-state index < -0.39 is 0 Å². The number of nitrogens with one attached hydrogen (secondary N) is 1. The van der Waals surface area contributed by atoms with Crippen molar-refractivity contribution in [3.63, 3.8) is 0 Å². The lowest BCUT2D eigenvalue weighted by Crippen LogP contribution is -2.45. The van der Waals surface area contributed by atoms with Crippen molar-refractivity contribution in [1.29, 1.82) is 0 Å². The monoisotopic (exact) mass is 280 g/mol. The summed E-state index contributed by atoms with van der Waals surface area (Å²) in [7, 11) is 0. The molecule has 118 valence electrons. The molecule has 0 aromatic rings. The molecular weight excluding hydrogens is 244 g/mol. The van der Waals surface area contributed by atoms with Gasteiger partial charge >= 0.3 is 0 Å². The predicted molar refractivity (Wildman–Crippen MR) is 88.1 cm³/mol. The van der Waals surface area contributed by atoms with Crippen LogP contribution in [0, 0.1) is 11.3 Å². The zero-order valence-corrected chi connectivity index (χ0v) is 14.1. The van der Waals surface area contributed by atoms with E-state index in [0.717, 1.165) is 5.92 Å². The Hall–Kier alpha value is -0.0800. The third-order valence-corrected chi connectivity index (χ3v) is 5.31. The lowest BCUT2D eigenvalue weighted by Gasteiger charge is -2.34. The SMILES string of the molecule is CC(C)CC1(CNC(C)CN2CCCCC2)CCCC1. The summed E-state index contributed by atoms with van der Waals surface area (Å²) in [5, 5.41) is 3.88. The average Bonchev–Trinajstić information content (AvgIpc) is 2.86. The third kappa shape index (κ3) is 5.04. The molecule has 0 radical (unpaired) electrons. The minimum atomic E-state index is 0.615. The molecule has 0 bridgehead atoms. The number of hydrogen-bond donors (Lipinski definition) is 1. The number of hydrogen-bond acceptors (Lipinski definition) is 2. The first-order chi connectivity index (χ1) is 9.60. The molecule has 0 amide bonds. The molecule has 1 atom stereocenters.